The number of nitrogens with zero attached hydrogens (tertiary/aromatic N) is 2. The largest absolute Gasteiger partial charge is 0.493 e. The van der Waals surface area contributed by atoms with Crippen molar-refractivity contribution in [1.82, 2.24) is 9.78 Å². The first-order valence-corrected chi connectivity index (χ1v) is 7.25. The first-order valence-electron chi connectivity index (χ1n) is 7.25. The third-order valence-electron chi connectivity index (χ3n) is 3.90. The van der Waals surface area contributed by atoms with E-state index in [0.29, 0.717) is 12.4 Å². The molecule has 112 valence electrons. The van der Waals surface area contributed by atoms with E-state index in [1.807, 2.05) is 28.9 Å². The molecule has 1 N–H and O–H groups in total. The van der Waals surface area contributed by atoms with Crippen molar-refractivity contribution >= 4 is 0 Å². The highest BCUT2D eigenvalue weighted by Crippen LogP contribution is 2.43. The minimum absolute atomic E-state index is 0.0950. The van der Waals surface area contributed by atoms with Crippen molar-refractivity contribution < 1.29 is 14.6 Å². The number of aliphatic hydroxyl groups excluding tert-OH is 1. The fourth-order valence-electron chi connectivity index (χ4n) is 2.86. The molecule has 0 radical (unpaired) electrons. The molecule has 0 saturated heterocycles. The van der Waals surface area contributed by atoms with E-state index in [1.165, 1.54) is 0 Å². The topological polar surface area (TPSA) is 56.5 Å². The summed E-state index contributed by atoms with van der Waals surface area (Å²) < 4.78 is 12.9. The number of hydrogen-bond acceptors (Lipinski definition) is 4. The Morgan fingerprint density at radius 3 is 3.05 bits per heavy atom. The average Bonchev–Trinajstić information content (AvgIpc) is 3.10. The predicted octanol–water partition coefficient (Wildman–Crippen LogP) is 2.51. The van der Waals surface area contributed by atoms with Crippen molar-refractivity contribution in [3.63, 3.8) is 0 Å². The molecule has 1 aromatic heterocycles. The fraction of sp³-hybridized carbons (Fsp3) is 0.438. The number of para-hydroxylation sites is 1. The molecular formula is C16H20N2O3. The van der Waals surface area contributed by atoms with Crippen molar-refractivity contribution in [3.05, 3.63) is 41.7 Å². The fourth-order valence-corrected chi connectivity index (χ4v) is 2.86. The molecule has 1 aliphatic heterocycles. The third kappa shape index (κ3) is 2.38. The first kappa shape index (κ1) is 13.9. The lowest BCUT2D eigenvalue weighted by Gasteiger charge is -2.19. The lowest BCUT2D eigenvalue weighted by Crippen LogP contribution is -2.17. The number of rotatable bonds is 5. The maximum atomic E-state index is 10.9. The highest BCUT2D eigenvalue weighted by atomic mass is 16.5. The normalized spacial score (nSPS) is 18.1. The van der Waals surface area contributed by atoms with Gasteiger partial charge < -0.3 is 14.6 Å². The zero-order valence-electron chi connectivity index (χ0n) is 12.3. The Hall–Kier alpha value is -2.01. The molecule has 0 bridgehead atoms. The molecule has 1 aliphatic rings. The van der Waals surface area contributed by atoms with Gasteiger partial charge in [0.25, 0.3) is 0 Å². The third-order valence-corrected chi connectivity index (χ3v) is 3.90. The summed E-state index contributed by atoms with van der Waals surface area (Å²) in [6, 6.07) is 7.84. The van der Waals surface area contributed by atoms with Crippen LogP contribution in [0.15, 0.2) is 30.5 Å². The van der Waals surface area contributed by atoms with Gasteiger partial charge in [0, 0.05) is 12.1 Å². The highest BCUT2D eigenvalue weighted by Gasteiger charge is 2.34. The second-order valence-corrected chi connectivity index (χ2v) is 5.22. The molecule has 2 aromatic rings. The Kier molecular flexibility index (Phi) is 3.84. The predicted molar refractivity (Wildman–Crippen MR) is 78.7 cm³/mol. The number of methoxy groups -OCH3 is 1. The molecule has 21 heavy (non-hydrogen) atoms. The van der Waals surface area contributed by atoms with Crippen LogP contribution in [-0.4, -0.2) is 28.6 Å². The molecule has 1 aromatic carbocycles. The Balaban J connectivity index is 1.96. The van der Waals surface area contributed by atoms with Crippen molar-refractivity contribution in [2.45, 2.75) is 31.9 Å². The standard InChI is InChI=1S/C16H20N2O3/c1-3-8-18-15(14(20-2)9-17-18)16(19)12-10-21-13-7-5-4-6-11(12)13/h4-7,9,12,16,19H,3,8,10H2,1-2H3. The first-order chi connectivity index (χ1) is 10.3. The number of aromatic nitrogens is 2. The van der Waals surface area contributed by atoms with E-state index < -0.39 is 6.10 Å². The van der Waals surface area contributed by atoms with Crippen molar-refractivity contribution in [1.29, 1.82) is 0 Å². The molecule has 5 nitrogen and oxygen atoms in total. The van der Waals surface area contributed by atoms with Gasteiger partial charge in [-0.15, -0.1) is 0 Å². The van der Waals surface area contributed by atoms with Gasteiger partial charge in [-0.1, -0.05) is 25.1 Å². The summed E-state index contributed by atoms with van der Waals surface area (Å²) in [6.07, 6.45) is 1.91. The van der Waals surface area contributed by atoms with Gasteiger partial charge in [-0.3, -0.25) is 4.68 Å². The molecule has 2 unspecified atom stereocenters. The van der Waals surface area contributed by atoms with Gasteiger partial charge in [0.2, 0.25) is 0 Å². The van der Waals surface area contributed by atoms with Crippen molar-refractivity contribution in [2.24, 2.45) is 0 Å². The number of ether oxygens (including phenoxy) is 2. The van der Waals surface area contributed by atoms with Crippen molar-refractivity contribution in [2.75, 3.05) is 13.7 Å². The summed E-state index contributed by atoms with van der Waals surface area (Å²) in [5, 5.41) is 15.2. The molecule has 5 heteroatoms. The quantitative estimate of drug-likeness (QED) is 0.918. The summed E-state index contributed by atoms with van der Waals surface area (Å²) in [5.41, 5.74) is 1.76. The van der Waals surface area contributed by atoms with E-state index in [2.05, 4.69) is 12.0 Å². The minimum atomic E-state index is -0.697. The SMILES string of the molecule is CCCn1ncc(OC)c1C(O)C1COc2ccccc21. The van der Waals surface area contributed by atoms with Crippen LogP contribution in [0.2, 0.25) is 0 Å². The van der Waals surface area contributed by atoms with Crippen LogP contribution < -0.4 is 9.47 Å². The highest BCUT2D eigenvalue weighted by molar-refractivity contribution is 5.42. The van der Waals surface area contributed by atoms with Gasteiger partial charge in [-0.2, -0.15) is 5.10 Å². The monoisotopic (exact) mass is 288 g/mol. The van der Waals surface area contributed by atoms with Crippen LogP contribution in [0.3, 0.4) is 0 Å². The van der Waals surface area contributed by atoms with Crippen LogP contribution in [0.25, 0.3) is 0 Å². The molecular weight excluding hydrogens is 268 g/mol. The van der Waals surface area contributed by atoms with E-state index in [0.717, 1.165) is 30.0 Å². The van der Waals surface area contributed by atoms with E-state index in [-0.39, 0.29) is 5.92 Å². The molecule has 0 aliphatic carbocycles. The van der Waals surface area contributed by atoms with Gasteiger partial charge in [0.15, 0.2) is 5.75 Å². The minimum Gasteiger partial charge on any atom is -0.493 e. The van der Waals surface area contributed by atoms with Crippen LogP contribution in [0.5, 0.6) is 11.5 Å². The maximum Gasteiger partial charge on any atom is 0.162 e. The number of fused-ring (bicyclic) bond motifs is 1. The van der Waals surface area contributed by atoms with Gasteiger partial charge in [-0.05, 0) is 12.5 Å². The lowest BCUT2D eigenvalue weighted by atomic mass is 9.93. The summed E-state index contributed by atoms with van der Waals surface area (Å²) in [7, 11) is 1.60. The van der Waals surface area contributed by atoms with Crippen LogP contribution in [0.1, 0.15) is 36.6 Å². The van der Waals surface area contributed by atoms with E-state index >= 15 is 0 Å². The summed E-state index contributed by atoms with van der Waals surface area (Å²) in [4.78, 5) is 0. The van der Waals surface area contributed by atoms with Crippen molar-refractivity contribution in [3.8, 4) is 11.5 Å². The van der Waals surface area contributed by atoms with Crippen LogP contribution in [0.4, 0.5) is 0 Å². The zero-order chi connectivity index (χ0) is 14.8. The Morgan fingerprint density at radius 2 is 2.29 bits per heavy atom. The van der Waals surface area contributed by atoms with Gasteiger partial charge >= 0.3 is 0 Å². The second kappa shape index (κ2) is 5.77. The summed E-state index contributed by atoms with van der Waals surface area (Å²) in [5.74, 6) is 1.38. The Labute approximate surface area is 124 Å². The Morgan fingerprint density at radius 1 is 1.48 bits per heavy atom. The molecule has 0 spiro atoms. The van der Waals surface area contributed by atoms with E-state index in [4.69, 9.17) is 9.47 Å². The van der Waals surface area contributed by atoms with Crippen LogP contribution >= 0.6 is 0 Å². The lowest BCUT2D eigenvalue weighted by molar-refractivity contribution is 0.117. The Bertz CT molecular complexity index is 624. The van der Waals surface area contributed by atoms with E-state index in [1.54, 1.807) is 13.3 Å². The molecule has 0 saturated carbocycles. The van der Waals surface area contributed by atoms with Gasteiger partial charge in [-0.25, -0.2) is 0 Å². The summed E-state index contributed by atoms with van der Waals surface area (Å²) in [6.45, 7) is 3.31. The van der Waals surface area contributed by atoms with Crippen LogP contribution in [-0.2, 0) is 6.54 Å². The molecule has 2 heterocycles. The van der Waals surface area contributed by atoms with Crippen LogP contribution in [0, 0.1) is 0 Å². The van der Waals surface area contributed by atoms with E-state index in [9.17, 15) is 5.11 Å². The van der Waals surface area contributed by atoms with Gasteiger partial charge in [0.05, 0.1) is 25.8 Å². The molecule has 0 amide bonds. The summed E-state index contributed by atoms with van der Waals surface area (Å²) >= 11 is 0. The smallest absolute Gasteiger partial charge is 0.162 e. The number of aryl methyl sites for hydroxylation is 1. The number of benzene rings is 1. The second-order valence-electron chi connectivity index (χ2n) is 5.22. The molecule has 3 rings (SSSR count). The zero-order valence-corrected chi connectivity index (χ0v) is 12.3. The van der Waals surface area contributed by atoms with Gasteiger partial charge in [0.1, 0.15) is 17.5 Å². The maximum absolute atomic E-state index is 10.9. The number of hydrogen-bond donors (Lipinski definition) is 1. The number of aliphatic hydroxyl groups is 1. The average molecular weight is 288 g/mol. The molecule has 2 atom stereocenters. The molecule has 0 fully saturated rings.